The summed E-state index contributed by atoms with van der Waals surface area (Å²) in [5.41, 5.74) is 6.51. The zero-order valence-corrected chi connectivity index (χ0v) is 46.5. The van der Waals surface area contributed by atoms with Gasteiger partial charge in [0.25, 0.3) is 0 Å². The van der Waals surface area contributed by atoms with Crippen molar-refractivity contribution in [1.82, 2.24) is 9.89 Å². The van der Waals surface area contributed by atoms with E-state index in [1.807, 2.05) is 78.0 Å². The van der Waals surface area contributed by atoms with E-state index in [-0.39, 0.29) is 23.0 Å². The molecule has 0 heterocycles. The molecule has 2 unspecified atom stereocenters. The molecule has 0 saturated carbocycles. The highest BCUT2D eigenvalue weighted by molar-refractivity contribution is 6.40. The van der Waals surface area contributed by atoms with Crippen LogP contribution in [0.1, 0.15) is 190 Å². The van der Waals surface area contributed by atoms with Crippen molar-refractivity contribution in [1.29, 1.82) is 0 Å². The zero-order chi connectivity index (χ0) is 52.6. The number of hydrogen-bond acceptors (Lipinski definition) is 5. The normalized spacial score (nSPS) is 15.8. The van der Waals surface area contributed by atoms with E-state index in [0.29, 0.717) is 47.2 Å². The van der Waals surface area contributed by atoms with E-state index in [2.05, 4.69) is 110 Å². The summed E-state index contributed by atoms with van der Waals surface area (Å²) in [6.45, 7) is 26.8. The summed E-state index contributed by atoms with van der Waals surface area (Å²) in [6, 6.07) is 23.2. The van der Waals surface area contributed by atoms with Gasteiger partial charge in [-0.25, -0.2) is 0 Å². The average Bonchev–Trinajstić information content (AvgIpc) is 3.38. The lowest BCUT2D eigenvalue weighted by Gasteiger charge is -2.36. The molecule has 2 aliphatic carbocycles. The summed E-state index contributed by atoms with van der Waals surface area (Å²) < 4.78 is 2.17. The molecule has 0 aliphatic heterocycles. The molecule has 72 heavy (non-hydrogen) atoms. The molecule has 0 aromatic heterocycles. The molecule has 0 spiro atoms. The number of nitrogens with one attached hydrogen (secondary N) is 2. The minimum absolute atomic E-state index is 0.0218. The van der Waals surface area contributed by atoms with E-state index in [4.69, 9.17) is 0 Å². The van der Waals surface area contributed by atoms with Gasteiger partial charge >= 0.3 is 0 Å². The van der Waals surface area contributed by atoms with Crippen LogP contribution >= 0.6 is 0 Å². The molecule has 0 bridgehead atoms. The fourth-order valence-electron chi connectivity index (χ4n) is 9.41. The van der Waals surface area contributed by atoms with Crippen LogP contribution in [-0.2, 0) is 27.2 Å². The highest BCUT2D eigenvalue weighted by atomic mass is 16.3. The summed E-state index contributed by atoms with van der Waals surface area (Å²) in [7, 11) is 0. The van der Waals surface area contributed by atoms with E-state index in [1.54, 1.807) is 0 Å². The predicted octanol–water partition coefficient (Wildman–Crippen LogP) is 14.9. The third-order valence-corrected chi connectivity index (χ3v) is 15.6. The average molecular weight is 979 g/mol. The van der Waals surface area contributed by atoms with Gasteiger partial charge in [-0.2, -0.15) is 4.58 Å². The molecule has 3 aromatic rings. The van der Waals surface area contributed by atoms with Gasteiger partial charge in [-0.3, -0.25) is 14.4 Å². The molecule has 5 rings (SSSR count). The molecule has 2 aliphatic rings. The van der Waals surface area contributed by atoms with Crippen molar-refractivity contribution in [2.24, 2.45) is 22.7 Å². The Kier molecular flexibility index (Phi) is 21.5. The molecule has 2 N–H and O–H groups in total. The molecule has 0 radical (unpaired) electrons. The van der Waals surface area contributed by atoms with Gasteiger partial charge in [-0.15, -0.1) is 0 Å². The van der Waals surface area contributed by atoms with Crippen molar-refractivity contribution in [3.63, 3.8) is 0 Å². The van der Waals surface area contributed by atoms with E-state index < -0.39 is 22.4 Å². The van der Waals surface area contributed by atoms with Crippen LogP contribution in [0.5, 0.6) is 0 Å². The van der Waals surface area contributed by atoms with E-state index >= 15 is 0 Å². The standard InChI is InChI=1S/C64H90N4O4/c1-13-21-25-45(17-5)43-67(44-46(18-6)26-22-14-2)51-37-39-53(55(41-51)65-61(71)63(9,10)19-7)57-59(69)58(60(57)70)54-40-38-52(42-56(54)66-62(72)64(11,12)20-8)68(49-33-29-47(30-34-49)27-23-15-3)50-35-31-48(32-36-50)28-24-16-4/h29-42,45-46H,13-28,43-44H2,1-12H3,(H2,65,66,69,70,71,72). The van der Waals surface area contributed by atoms with Crippen LogP contribution in [-0.4, -0.2) is 36.4 Å². The quantitative estimate of drug-likeness (QED) is 0.0557. The van der Waals surface area contributed by atoms with Crippen LogP contribution in [0.25, 0.3) is 5.57 Å². The van der Waals surface area contributed by atoms with Crippen LogP contribution < -0.4 is 25.2 Å². The lowest BCUT2D eigenvalue weighted by atomic mass is 9.78. The maximum absolute atomic E-state index is 14.9. The molecule has 0 saturated heterocycles. The molecule has 2 amide bonds. The largest absolute Gasteiger partial charge is 0.871 e. The van der Waals surface area contributed by atoms with Crippen LogP contribution in [0.2, 0.25) is 0 Å². The maximum atomic E-state index is 14.9. The van der Waals surface area contributed by atoms with Crippen LogP contribution in [0.15, 0.2) is 108 Å². The lowest BCUT2D eigenvalue weighted by molar-refractivity contribution is -0.297. The van der Waals surface area contributed by atoms with Gasteiger partial charge in [-0.1, -0.05) is 171 Å². The van der Waals surface area contributed by atoms with Crippen molar-refractivity contribution in [3.05, 3.63) is 124 Å². The third-order valence-electron chi connectivity index (χ3n) is 15.6. The van der Waals surface area contributed by atoms with E-state index in [9.17, 15) is 19.5 Å². The Morgan fingerprint density at radius 3 is 1.56 bits per heavy atom. The number of allylic oxidation sites excluding steroid dienone is 5. The number of benzene rings is 3. The Morgan fingerprint density at radius 1 is 0.625 bits per heavy atom. The predicted molar refractivity (Wildman–Crippen MR) is 303 cm³/mol. The van der Waals surface area contributed by atoms with Gasteiger partial charge < -0.3 is 20.6 Å². The molecule has 3 aromatic carbocycles. The first-order chi connectivity index (χ1) is 34.5. The molecule has 0 fully saturated rings. The van der Waals surface area contributed by atoms with E-state index in [0.717, 1.165) is 113 Å². The topological polar surface area (TPSA) is 105 Å². The zero-order valence-electron chi connectivity index (χ0n) is 46.5. The first-order valence-electron chi connectivity index (χ1n) is 28.0. The Balaban J connectivity index is 1.70. The second kappa shape index (κ2) is 27.0. The van der Waals surface area contributed by atoms with Gasteiger partial charge in [0.1, 0.15) is 0 Å². The van der Waals surface area contributed by atoms with Gasteiger partial charge in [-0.05, 0) is 92.5 Å². The number of Topliss-reactive ketones (excluding diaryl/α,β-unsaturated/α-hetero) is 1. The molecular formula is C64H90N4O4. The fraction of sp³-hybridized carbons (Fsp3) is 0.531. The van der Waals surface area contributed by atoms with Gasteiger partial charge in [0.2, 0.25) is 28.9 Å². The van der Waals surface area contributed by atoms with Gasteiger partial charge in [0, 0.05) is 88.3 Å². The number of nitrogens with zero attached hydrogens (tertiary/aromatic N) is 2. The molecule has 2 atom stereocenters. The Hall–Kier alpha value is -5.50. The highest BCUT2D eigenvalue weighted by Crippen LogP contribution is 2.43. The summed E-state index contributed by atoms with van der Waals surface area (Å²) in [4.78, 5) is 45.6. The van der Waals surface area contributed by atoms with Crippen molar-refractivity contribution in [2.75, 3.05) is 23.3 Å². The van der Waals surface area contributed by atoms with Crippen molar-refractivity contribution >= 4 is 51.6 Å². The van der Waals surface area contributed by atoms with Crippen molar-refractivity contribution in [2.45, 2.75) is 186 Å². The minimum atomic E-state index is -0.722. The number of anilines is 2. The first-order valence-corrected chi connectivity index (χ1v) is 28.0. The smallest absolute Gasteiger partial charge is 0.230 e. The number of carbonyl (C=O) groups excluding carboxylic acids is 3. The third kappa shape index (κ3) is 14.4. The second-order valence-corrected chi connectivity index (χ2v) is 21.9. The number of rotatable bonds is 28. The number of carbonyl (C=O) groups is 3. The van der Waals surface area contributed by atoms with Gasteiger partial charge in [0.05, 0.1) is 11.4 Å². The van der Waals surface area contributed by atoms with Crippen LogP contribution in [0, 0.1) is 22.7 Å². The molecule has 390 valence electrons. The van der Waals surface area contributed by atoms with Crippen LogP contribution in [0.4, 0.5) is 22.7 Å². The number of amides is 2. The van der Waals surface area contributed by atoms with Crippen molar-refractivity contribution in [3.8, 4) is 0 Å². The van der Waals surface area contributed by atoms with Crippen LogP contribution in [0.3, 0.4) is 0 Å². The number of unbranched alkanes of at least 4 members (excludes halogenated alkanes) is 4. The van der Waals surface area contributed by atoms with Gasteiger partial charge in [0.15, 0.2) is 5.78 Å². The fourth-order valence-corrected chi connectivity index (χ4v) is 9.41. The number of ketones is 1. The maximum Gasteiger partial charge on any atom is 0.230 e. The summed E-state index contributed by atoms with van der Waals surface area (Å²) in [5.74, 6) is -0.178. The van der Waals surface area contributed by atoms with E-state index in [1.165, 1.54) is 24.0 Å². The first kappa shape index (κ1) is 57.4. The van der Waals surface area contributed by atoms with Crippen molar-refractivity contribution < 1.29 is 19.5 Å². The summed E-state index contributed by atoms with van der Waals surface area (Å²) in [5, 5.41) is 21.3. The minimum Gasteiger partial charge on any atom is -0.871 e. The Morgan fingerprint density at radius 2 is 1.11 bits per heavy atom. The lowest BCUT2D eigenvalue weighted by Crippen LogP contribution is -2.39. The molecule has 8 heteroatoms. The molecular weight excluding hydrogens is 889 g/mol. The SMILES string of the molecule is CCCCc1ccc([N+](=C2C=C/C(=C3\C(=O)C(c4ccc(N(CC(CC)CCCC)CC(CC)CCCC)cc4NC(=O)C(C)(C)CC)=C3[O-])C(NC(=O)C(C)(C)CC)=C2)c2ccc(CCCC)cc2)cc1. The monoisotopic (exact) mass is 979 g/mol. The Labute approximate surface area is 435 Å². The summed E-state index contributed by atoms with van der Waals surface area (Å²) >= 11 is 0. The molecule has 8 nitrogen and oxygen atoms in total. The summed E-state index contributed by atoms with van der Waals surface area (Å²) in [6.07, 6.45) is 22.4. The second-order valence-electron chi connectivity index (χ2n) is 21.9. The highest BCUT2D eigenvalue weighted by Gasteiger charge is 2.37. The number of hydrogen-bond donors (Lipinski definition) is 2. The number of aryl methyl sites for hydroxylation is 2. The Bertz CT molecular complexity index is 2410.